The van der Waals surface area contributed by atoms with Crippen LogP contribution in [0.4, 0.5) is 0 Å². The van der Waals surface area contributed by atoms with Crippen molar-refractivity contribution in [2.24, 2.45) is 0 Å². The topological polar surface area (TPSA) is 47.6 Å². The van der Waals surface area contributed by atoms with Crippen molar-refractivity contribution in [1.82, 2.24) is 5.32 Å². The van der Waals surface area contributed by atoms with Crippen LogP contribution < -0.4 is 14.8 Å². The van der Waals surface area contributed by atoms with Crippen molar-refractivity contribution in [2.45, 2.75) is 20.0 Å². The van der Waals surface area contributed by atoms with Gasteiger partial charge in [-0.1, -0.05) is 41.9 Å². The quantitative estimate of drug-likeness (QED) is 0.787. The molecule has 1 amide bonds. The smallest absolute Gasteiger partial charge is 0.260 e. The van der Waals surface area contributed by atoms with E-state index < -0.39 is 6.10 Å². The van der Waals surface area contributed by atoms with Gasteiger partial charge in [0.25, 0.3) is 5.91 Å². The molecule has 2 aromatic rings. The molecule has 0 spiro atoms. The molecule has 0 bridgehead atoms. The fraction of sp³-hybridized carbons (Fsp3) is 0.278. The Morgan fingerprint density at radius 1 is 1.13 bits per heavy atom. The Labute approximate surface area is 141 Å². The van der Waals surface area contributed by atoms with Gasteiger partial charge in [-0.15, -0.1) is 0 Å². The van der Waals surface area contributed by atoms with Gasteiger partial charge in [-0.05, 0) is 37.6 Å². The Balaban J connectivity index is 1.74. The molecule has 0 saturated heterocycles. The van der Waals surface area contributed by atoms with Gasteiger partial charge in [0.15, 0.2) is 6.10 Å². The summed E-state index contributed by atoms with van der Waals surface area (Å²) in [6.07, 6.45) is -0.631. The van der Waals surface area contributed by atoms with Crippen molar-refractivity contribution >= 4 is 17.5 Å². The van der Waals surface area contributed by atoms with Crippen molar-refractivity contribution < 1.29 is 14.3 Å². The number of carbonyl (C=O) groups excluding carboxylic acids is 1. The van der Waals surface area contributed by atoms with E-state index in [2.05, 4.69) is 5.32 Å². The molecule has 1 N–H and O–H groups in total. The number of hydrogen-bond donors (Lipinski definition) is 1. The van der Waals surface area contributed by atoms with Gasteiger partial charge in [0.1, 0.15) is 18.1 Å². The lowest BCUT2D eigenvalue weighted by molar-refractivity contribution is -0.127. The zero-order chi connectivity index (χ0) is 16.7. The standard InChI is InChI=1S/C18H20ClNO3/c1-13-7-3-5-9-16(13)22-12-11-20-18(21)14(2)23-17-10-6-4-8-15(17)19/h3-10,14H,11-12H2,1-2H3,(H,20,21)/t14-/m1/s1. The Morgan fingerprint density at radius 3 is 2.48 bits per heavy atom. The SMILES string of the molecule is Cc1ccccc1OCCNC(=O)[C@@H](C)Oc1ccccc1Cl. The number of aryl methyl sites for hydroxylation is 1. The van der Waals surface area contributed by atoms with E-state index in [4.69, 9.17) is 21.1 Å². The lowest BCUT2D eigenvalue weighted by atomic mass is 10.2. The number of nitrogens with one attached hydrogen (secondary N) is 1. The van der Waals surface area contributed by atoms with E-state index in [9.17, 15) is 4.79 Å². The first-order chi connectivity index (χ1) is 11.1. The second-order valence-corrected chi connectivity index (χ2v) is 5.50. The van der Waals surface area contributed by atoms with Crippen LogP contribution in [0.25, 0.3) is 0 Å². The summed E-state index contributed by atoms with van der Waals surface area (Å²) in [4.78, 5) is 12.0. The maximum Gasteiger partial charge on any atom is 0.260 e. The molecule has 23 heavy (non-hydrogen) atoms. The lowest BCUT2D eigenvalue weighted by Gasteiger charge is -2.16. The summed E-state index contributed by atoms with van der Waals surface area (Å²) in [5.41, 5.74) is 1.06. The molecule has 0 aliphatic carbocycles. The maximum absolute atomic E-state index is 12.0. The first kappa shape index (κ1) is 17.2. The number of benzene rings is 2. The number of hydrogen-bond acceptors (Lipinski definition) is 3. The molecule has 0 radical (unpaired) electrons. The van der Waals surface area contributed by atoms with E-state index in [0.717, 1.165) is 11.3 Å². The van der Waals surface area contributed by atoms with Crippen LogP contribution >= 0.6 is 11.6 Å². The summed E-state index contributed by atoms with van der Waals surface area (Å²) in [5, 5.41) is 3.26. The highest BCUT2D eigenvalue weighted by Crippen LogP contribution is 2.24. The van der Waals surface area contributed by atoms with Gasteiger partial charge in [-0.25, -0.2) is 0 Å². The molecule has 0 heterocycles. The fourth-order valence-electron chi connectivity index (χ4n) is 1.98. The molecule has 2 aromatic carbocycles. The first-order valence-electron chi connectivity index (χ1n) is 7.45. The average molecular weight is 334 g/mol. The van der Waals surface area contributed by atoms with E-state index in [1.807, 2.05) is 43.3 Å². The minimum absolute atomic E-state index is 0.210. The summed E-state index contributed by atoms with van der Waals surface area (Å²) in [6.45, 7) is 4.47. The Hall–Kier alpha value is -2.20. The van der Waals surface area contributed by atoms with Gasteiger partial charge in [-0.3, -0.25) is 4.79 Å². The molecule has 0 aliphatic heterocycles. The van der Waals surface area contributed by atoms with E-state index >= 15 is 0 Å². The minimum atomic E-state index is -0.631. The van der Waals surface area contributed by atoms with Gasteiger partial charge < -0.3 is 14.8 Å². The zero-order valence-electron chi connectivity index (χ0n) is 13.2. The van der Waals surface area contributed by atoms with E-state index in [1.54, 1.807) is 19.1 Å². The van der Waals surface area contributed by atoms with Crippen LogP contribution in [-0.4, -0.2) is 25.2 Å². The molecule has 0 unspecified atom stereocenters. The Bertz CT molecular complexity index is 660. The van der Waals surface area contributed by atoms with Crippen LogP contribution in [0.2, 0.25) is 5.02 Å². The molecular weight excluding hydrogens is 314 g/mol. The number of halogens is 1. The van der Waals surface area contributed by atoms with Gasteiger partial charge in [0.05, 0.1) is 11.6 Å². The van der Waals surface area contributed by atoms with Crippen LogP contribution in [0.1, 0.15) is 12.5 Å². The van der Waals surface area contributed by atoms with Crippen molar-refractivity contribution in [2.75, 3.05) is 13.2 Å². The monoisotopic (exact) mass is 333 g/mol. The fourth-order valence-corrected chi connectivity index (χ4v) is 2.16. The highest BCUT2D eigenvalue weighted by molar-refractivity contribution is 6.32. The normalized spacial score (nSPS) is 11.6. The van der Waals surface area contributed by atoms with Gasteiger partial charge in [-0.2, -0.15) is 0 Å². The largest absolute Gasteiger partial charge is 0.491 e. The van der Waals surface area contributed by atoms with Crippen LogP contribution in [0.5, 0.6) is 11.5 Å². The molecule has 122 valence electrons. The molecular formula is C18H20ClNO3. The highest BCUT2D eigenvalue weighted by atomic mass is 35.5. The lowest BCUT2D eigenvalue weighted by Crippen LogP contribution is -2.38. The predicted molar refractivity (Wildman–Crippen MR) is 91.2 cm³/mol. The second kappa shape index (κ2) is 8.44. The van der Waals surface area contributed by atoms with Crippen LogP contribution in [0.15, 0.2) is 48.5 Å². The Morgan fingerprint density at radius 2 is 1.78 bits per heavy atom. The molecule has 5 heteroatoms. The molecule has 1 atom stereocenters. The second-order valence-electron chi connectivity index (χ2n) is 5.10. The molecule has 4 nitrogen and oxygen atoms in total. The van der Waals surface area contributed by atoms with Gasteiger partial charge in [0.2, 0.25) is 0 Å². The molecule has 0 aliphatic rings. The van der Waals surface area contributed by atoms with Crippen molar-refractivity contribution in [3.05, 3.63) is 59.1 Å². The maximum atomic E-state index is 12.0. The van der Waals surface area contributed by atoms with E-state index in [0.29, 0.717) is 23.9 Å². The third-order valence-electron chi connectivity index (χ3n) is 3.26. The molecule has 0 aromatic heterocycles. The summed E-state index contributed by atoms with van der Waals surface area (Å²) >= 11 is 6.01. The van der Waals surface area contributed by atoms with Crippen LogP contribution in [-0.2, 0) is 4.79 Å². The van der Waals surface area contributed by atoms with Crippen molar-refractivity contribution in [3.63, 3.8) is 0 Å². The predicted octanol–water partition coefficient (Wildman–Crippen LogP) is 3.61. The zero-order valence-corrected chi connectivity index (χ0v) is 14.0. The Kier molecular flexibility index (Phi) is 6.29. The summed E-state index contributed by atoms with van der Waals surface area (Å²) in [6, 6.07) is 14.8. The minimum Gasteiger partial charge on any atom is -0.491 e. The summed E-state index contributed by atoms with van der Waals surface area (Å²) in [7, 11) is 0. The third-order valence-corrected chi connectivity index (χ3v) is 3.57. The van der Waals surface area contributed by atoms with Crippen LogP contribution in [0.3, 0.4) is 0 Å². The highest BCUT2D eigenvalue weighted by Gasteiger charge is 2.15. The first-order valence-corrected chi connectivity index (χ1v) is 7.83. The van der Waals surface area contributed by atoms with Crippen molar-refractivity contribution in [3.8, 4) is 11.5 Å². The third kappa shape index (κ3) is 5.18. The number of ether oxygens (including phenoxy) is 2. The van der Waals surface area contributed by atoms with Crippen molar-refractivity contribution in [1.29, 1.82) is 0 Å². The van der Waals surface area contributed by atoms with E-state index in [-0.39, 0.29) is 5.91 Å². The number of rotatable bonds is 7. The molecule has 0 fully saturated rings. The summed E-state index contributed by atoms with van der Waals surface area (Å²) in [5.74, 6) is 1.10. The molecule has 0 saturated carbocycles. The number of carbonyl (C=O) groups is 1. The van der Waals surface area contributed by atoms with E-state index in [1.165, 1.54) is 0 Å². The summed E-state index contributed by atoms with van der Waals surface area (Å²) < 4.78 is 11.2. The average Bonchev–Trinajstić information content (AvgIpc) is 2.55. The van der Waals surface area contributed by atoms with Gasteiger partial charge in [0, 0.05) is 0 Å². The van der Waals surface area contributed by atoms with Gasteiger partial charge >= 0.3 is 0 Å². The number of amides is 1. The number of para-hydroxylation sites is 2. The molecule has 2 rings (SSSR count). The van der Waals surface area contributed by atoms with Crippen LogP contribution in [0, 0.1) is 6.92 Å².